The van der Waals surface area contributed by atoms with Crippen molar-refractivity contribution in [2.24, 2.45) is 28.6 Å². The molecule has 4 aliphatic rings. The molecule has 138 valence electrons. The van der Waals surface area contributed by atoms with Gasteiger partial charge < -0.3 is 4.74 Å². The van der Waals surface area contributed by atoms with Crippen molar-refractivity contribution in [2.75, 3.05) is 0 Å². The summed E-state index contributed by atoms with van der Waals surface area (Å²) in [5, 5.41) is 0. The maximum absolute atomic E-state index is 12.2. The van der Waals surface area contributed by atoms with E-state index >= 15 is 0 Å². The Kier molecular flexibility index (Phi) is 4.22. The molecule has 0 aromatic heterocycles. The summed E-state index contributed by atoms with van der Waals surface area (Å²) in [5.74, 6) is 2.20. The zero-order valence-electron chi connectivity index (χ0n) is 15.6. The van der Waals surface area contributed by atoms with Gasteiger partial charge in [-0.3, -0.25) is 9.59 Å². The van der Waals surface area contributed by atoms with Crippen molar-refractivity contribution in [2.45, 2.75) is 78.2 Å². The van der Waals surface area contributed by atoms with Gasteiger partial charge in [0.1, 0.15) is 6.10 Å². The Labute approximate surface area is 159 Å². The lowest BCUT2D eigenvalue weighted by Crippen LogP contribution is -2.52. The summed E-state index contributed by atoms with van der Waals surface area (Å²) >= 11 is 3.62. The van der Waals surface area contributed by atoms with Gasteiger partial charge in [-0.05, 0) is 89.6 Å². The molecular formula is C21H29BrO3. The molecule has 3 nitrogen and oxygen atoms in total. The van der Waals surface area contributed by atoms with E-state index in [1.54, 1.807) is 0 Å². The van der Waals surface area contributed by atoms with Crippen LogP contribution in [0, 0.1) is 28.6 Å². The normalized spacial score (nSPS) is 46.3. The first-order valence-electron chi connectivity index (χ1n) is 9.87. The molecule has 0 spiro atoms. The number of hydrogen-bond acceptors (Lipinski definition) is 3. The number of Topliss-reactive ketones (excluding diaryl/α,β-unsaturated/α-hetero) is 1. The summed E-state index contributed by atoms with van der Waals surface area (Å²) in [6, 6.07) is 0. The minimum Gasteiger partial charge on any atom is -0.462 e. The molecule has 0 bridgehead atoms. The Bertz CT molecular complexity index is 654. The predicted molar refractivity (Wildman–Crippen MR) is 100 cm³/mol. The lowest BCUT2D eigenvalue weighted by atomic mass is 9.47. The monoisotopic (exact) mass is 408 g/mol. The van der Waals surface area contributed by atoms with Crippen molar-refractivity contribution >= 4 is 27.7 Å². The number of carbonyl (C=O) groups is 2. The van der Waals surface area contributed by atoms with Crippen molar-refractivity contribution in [3.63, 3.8) is 0 Å². The van der Waals surface area contributed by atoms with E-state index in [0.29, 0.717) is 30.0 Å². The number of fused-ring (bicyclic) bond motifs is 5. The first-order chi connectivity index (χ1) is 11.8. The summed E-state index contributed by atoms with van der Waals surface area (Å²) in [5.41, 5.74) is 1.71. The molecule has 0 amide bonds. The minimum atomic E-state index is -0.135. The van der Waals surface area contributed by atoms with Crippen LogP contribution < -0.4 is 0 Å². The quantitative estimate of drug-likeness (QED) is 0.561. The fraction of sp³-hybridized carbons (Fsp3) is 0.810. The maximum Gasteiger partial charge on any atom is 0.302 e. The zero-order valence-corrected chi connectivity index (χ0v) is 17.2. The Morgan fingerprint density at radius 3 is 2.56 bits per heavy atom. The molecule has 4 rings (SSSR count). The second-order valence-electron chi connectivity index (χ2n) is 9.27. The summed E-state index contributed by atoms with van der Waals surface area (Å²) in [6.45, 7) is 6.31. The lowest BCUT2D eigenvalue weighted by Gasteiger charge is -2.58. The van der Waals surface area contributed by atoms with Gasteiger partial charge in [-0.2, -0.15) is 0 Å². The highest BCUT2D eigenvalue weighted by Gasteiger charge is 2.60. The predicted octanol–water partition coefficient (Wildman–Crippen LogP) is 5.17. The van der Waals surface area contributed by atoms with Gasteiger partial charge in [0, 0.05) is 18.8 Å². The van der Waals surface area contributed by atoms with Crippen LogP contribution in [0.4, 0.5) is 0 Å². The smallest absolute Gasteiger partial charge is 0.302 e. The third kappa shape index (κ3) is 2.49. The summed E-state index contributed by atoms with van der Waals surface area (Å²) < 4.78 is 6.61. The molecule has 0 aromatic carbocycles. The third-order valence-corrected chi connectivity index (χ3v) is 9.20. The van der Waals surface area contributed by atoms with E-state index in [2.05, 4.69) is 29.8 Å². The van der Waals surface area contributed by atoms with Crippen LogP contribution in [-0.4, -0.2) is 17.9 Å². The topological polar surface area (TPSA) is 43.4 Å². The maximum atomic E-state index is 12.2. The van der Waals surface area contributed by atoms with Crippen molar-refractivity contribution in [3.05, 3.63) is 10.1 Å². The van der Waals surface area contributed by atoms with Crippen LogP contribution in [0.2, 0.25) is 0 Å². The average Bonchev–Trinajstić information content (AvgIpc) is 2.88. The SMILES string of the molecule is CC(=O)O[C@H]1CC[C@H]2[C@@H]3CCC4=C(Br)C(=O)CC[C@]4(C)[C@H]3CC[C@]12C. The van der Waals surface area contributed by atoms with Crippen molar-refractivity contribution < 1.29 is 14.3 Å². The Balaban J connectivity index is 1.65. The zero-order chi connectivity index (χ0) is 18.0. The van der Waals surface area contributed by atoms with Gasteiger partial charge in [0.15, 0.2) is 5.78 Å². The van der Waals surface area contributed by atoms with E-state index in [4.69, 9.17) is 4.74 Å². The highest BCUT2D eigenvalue weighted by atomic mass is 79.9. The number of halogens is 1. The van der Waals surface area contributed by atoms with Gasteiger partial charge in [-0.1, -0.05) is 13.8 Å². The van der Waals surface area contributed by atoms with E-state index in [-0.39, 0.29) is 22.9 Å². The standard InChI is InChI=1S/C21H29BrO3/c1-12(23)25-18-7-6-14-13-4-5-16-19(22)17(24)9-11-20(16,2)15(13)8-10-21(14,18)3/h13-15,18H,4-11H2,1-3H3/t13-,14-,15-,18-,20+,21-/m0/s1. The summed E-state index contributed by atoms with van der Waals surface area (Å²) in [7, 11) is 0. The second-order valence-corrected chi connectivity index (χ2v) is 10.1. The van der Waals surface area contributed by atoms with Crippen molar-refractivity contribution in [1.29, 1.82) is 0 Å². The molecule has 0 heterocycles. The number of hydrogen-bond donors (Lipinski definition) is 0. The van der Waals surface area contributed by atoms with E-state index < -0.39 is 0 Å². The highest BCUT2D eigenvalue weighted by molar-refractivity contribution is 9.12. The Hall–Kier alpha value is -0.640. The van der Waals surface area contributed by atoms with Crippen LogP contribution in [0.15, 0.2) is 10.1 Å². The number of rotatable bonds is 1. The fourth-order valence-electron chi connectivity index (χ4n) is 7.00. The van der Waals surface area contributed by atoms with Crippen molar-refractivity contribution in [3.8, 4) is 0 Å². The number of esters is 1. The molecule has 0 unspecified atom stereocenters. The lowest BCUT2D eigenvalue weighted by molar-refractivity contribution is -0.157. The van der Waals surface area contributed by atoms with Crippen LogP contribution in [-0.2, 0) is 14.3 Å². The largest absolute Gasteiger partial charge is 0.462 e. The molecule has 6 atom stereocenters. The van der Waals surface area contributed by atoms with Gasteiger partial charge in [0.05, 0.1) is 4.48 Å². The highest BCUT2D eigenvalue weighted by Crippen LogP contribution is 2.66. The summed E-state index contributed by atoms with van der Waals surface area (Å²) in [4.78, 5) is 23.7. The minimum absolute atomic E-state index is 0.0976. The first-order valence-corrected chi connectivity index (χ1v) is 10.7. The summed E-state index contributed by atoms with van der Waals surface area (Å²) in [6.07, 6.45) is 8.57. The van der Waals surface area contributed by atoms with Gasteiger partial charge in [0.2, 0.25) is 0 Å². The first kappa shape index (κ1) is 17.8. The van der Waals surface area contributed by atoms with E-state index in [1.165, 1.54) is 31.8 Å². The third-order valence-electron chi connectivity index (χ3n) is 8.27. The molecule has 25 heavy (non-hydrogen) atoms. The molecular weight excluding hydrogens is 380 g/mol. The van der Waals surface area contributed by atoms with E-state index in [0.717, 1.165) is 30.2 Å². The van der Waals surface area contributed by atoms with Crippen molar-refractivity contribution in [1.82, 2.24) is 0 Å². The van der Waals surface area contributed by atoms with Gasteiger partial charge in [-0.15, -0.1) is 0 Å². The van der Waals surface area contributed by atoms with Crippen LogP contribution in [0.5, 0.6) is 0 Å². The average molecular weight is 409 g/mol. The molecule has 4 aliphatic carbocycles. The van der Waals surface area contributed by atoms with Crippen LogP contribution in [0.3, 0.4) is 0 Å². The molecule has 0 saturated heterocycles. The van der Waals surface area contributed by atoms with E-state index in [9.17, 15) is 9.59 Å². The van der Waals surface area contributed by atoms with Gasteiger partial charge >= 0.3 is 5.97 Å². The van der Waals surface area contributed by atoms with E-state index in [1.807, 2.05) is 0 Å². The Morgan fingerprint density at radius 2 is 1.84 bits per heavy atom. The molecule has 0 N–H and O–H groups in total. The second kappa shape index (κ2) is 5.94. The molecule has 3 saturated carbocycles. The van der Waals surface area contributed by atoms with Gasteiger partial charge in [-0.25, -0.2) is 0 Å². The molecule has 0 radical (unpaired) electrons. The van der Waals surface area contributed by atoms with Crippen LogP contribution >= 0.6 is 15.9 Å². The number of ether oxygens (including phenoxy) is 1. The molecule has 0 aromatic rings. The molecule has 0 aliphatic heterocycles. The van der Waals surface area contributed by atoms with Gasteiger partial charge in [0.25, 0.3) is 0 Å². The fourth-order valence-corrected chi connectivity index (χ4v) is 7.84. The number of ketones is 1. The Morgan fingerprint density at radius 1 is 1.08 bits per heavy atom. The molecule has 3 fully saturated rings. The van der Waals surface area contributed by atoms with Crippen LogP contribution in [0.1, 0.15) is 72.1 Å². The van der Waals surface area contributed by atoms with Crippen LogP contribution in [0.25, 0.3) is 0 Å². The number of carbonyl (C=O) groups excluding carboxylic acids is 2. The molecule has 4 heteroatoms. The number of allylic oxidation sites excluding steroid dienone is 1.